The Labute approximate surface area is 183 Å². The van der Waals surface area contributed by atoms with Crippen molar-refractivity contribution in [1.82, 2.24) is 19.2 Å². The maximum absolute atomic E-state index is 13.2. The highest BCUT2D eigenvalue weighted by atomic mass is 32.2. The van der Waals surface area contributed by atoms with Gasteiger partial charge in [-0.15, -0.1) is 0 Å². The van der Waals surface area contributed by atoms with E-state index < -0.39 is 10.0 Å². The van der Waals surface area contributed by atoms with E-state index in [9.17, 15) is 12.8 Å². The van der Waals surface area contributed by atoms with Crippen LogP contribution in [0.15, 0.2) is 47.4 Å². The van der Waals surface area contributed by atoms with Crippen LogP contribution in [-0.4, -0.2) is 35.4 Å². The minimum atomic E-state index is -3.49. The Balaban J connectivity index is 1.57. The van der Waals surface area contributed by atoms with Crippen molar-refractivity contribution in [2.24, 2.45) is 0 Å². The summed E-state index contributed by atoms with van der Waals surface area (Å²) in [6.07, 6.45) is 2.90. The summed E-state index contributed by atoms with van der Waals surface area (Å²) in [7, 11) is -3.49. The quantitative estimate of drug-likeness (QED) is 0.593. The molecule has 166 valence electrons. The predicted octanol–water partition coefficient (Wildman–Crippen LogP) is 4.22. The van der Waals surface area contributed by atoms with Gasteiger partial charge in [0.25, 0.3) is 0 Å². The Morgan fingerprint density at radius 3 is 2.48 bits per heavy atom. The summed E-state index contributed by atoms with van der Waals surface area (Å²) in [5.41, 5.74) is 2.60. The summed E-state index contributed by atoms with van der Waals surface area (Å²) >= 11 is 0. The van der Waals surface area contributed by atoms with Crippen molar-refractivity contribution in [3.63, 3.8) is 0 Å². The molecule has 1 aliphatic rings. The average Bonchev–Trinajstić information content (AvgIpc) is 3.15. The third-order valence-corrected chi connectivity index (χ3v) is 7.90. The van der Waals surface area contributed by atoms with Gasteiger partial charge in [0.2, 0.25) is 10.0 Å². The number of hydrogen-bond acceptors (Lipinski definition) is 4. The van der Waals surface area contributed by atoms with Crippen LogP contribution in [-0.2, 0) is 23.1 Å². The van der Waals surface area contributed by atoms with Gasteiger partial charge in [-0.1, -0.05) is 18.6 Å². The third-order valence-electron chi connectivity index (χ3n) is 6.00. The highest BCUT2D eigenvalue weighted by Crippen LogP contribution is 2.25. The van der Waals surface area contributed by atoms with Gasteiger partial charge < -0.3 is 9.88 Å². The van der Waals surface area contributed by atoms with Gasteiger partial charge >= 0.3 is 0 Å². The summed E-state index contributed by atoms with van der Waals surface area (Å²) in [4.78, 5) is 5.05. The molecule has 0 unspecified atom stereocenters. The van der Waals surface area contributed by atoms with Gasteiger partial charge in [0, 0.05) is 25.7 Å². The van der Waals surface area contributed by atoms with E-state index >= 15 is 0 Å². The molecule has 31 heavy (non-hydrogen) atoms. The normalized spacial score (nSPS) is 16.6. The largest absolute Gasteiger partial charge is 0.327 e. The van der Waals surface area contributed by atoms with E-state index in [0.29, 0.717) is 30.0 Å². The first-order valence-corrected chi connectivity index (χ1v) is 12.3. The fourth-order valence-corrected chi connectivity index (χ4v) is 5.71. The van der Waals surface area contributed by atoms with Crippen LogP contribution in [0.4, 0.5) is 4.39 Å². The number of benzene rings is 2. The number of imidazole rings is 1. The maximum atomic E-state index is 13.2. The SMILES string of the molecule is CCn1c(CN[C@@H](C)c2ccc(F)cc2)nc2cc(S(=O)(=O)N3CCCCC3)ccc21. The zero-order valence-corrected chi connectivity index (χ0v) is 18.8. The summed E-state index contributed by atoms with van der Waals surface area (Å²) < 4.78 is 42.9. The topological polar surface area (TPSA) is 67.2 Å². The molecule has 1 aromatic heterocycles. The number of nitrogens with one attached hydrogen (secondary N) is 1. The first-order valence-electron chi connectivity index (χ1n) is 10.9. The van der Waals surface area contributed by atoms with Crippen LogP contribution in [0.1, 0.15) is 50.5 Å². The Morgan fingerprint density at radius 1 is 1.10 bits per heavy atom. The number of rotatable bonds is 7. The molecule has 0 radical (unpaired) electrons. The average molecular weight is 445 g/mol. The molecule has 3 aromatic rings. The van der Waals surface area contributed by atoms with E-state index in [1.807, 2.05) is 19.9 Å². The first-order chi connectivity index (χ1) is 14.9. The molecule has 1 N–H and O–H groups in total. The zero-order valence-electron chi connectivity index (χ0n) is 18.0. The second-order valence-corrected chi connectivity index (χ2v) is 9.98. The zero-order chi connectivity index (χ0) is 22.0. The van der Waals surface area contributed by atoms with Crippen LogP contribution in [0.25, 0.3) is 11.0 Å². The number of hydrogen-bond donors (Lipinski definition) is 1. The smallest absolute Gasteiger partial charge is 0.243 e. The van der Waals surface area contributed by atoms with Gasteiger partial charge in [-0.3, -0.25) is 0 Å². The highest BCUT2D eigenvalue weighted by molar-refractivity contribution is 7.89. The Kier molecular flexibility index (Phi) is 6.41. The van der Waals surface area contributed by atoms with E-state index in [0.717, 1.165) is 42.7 Å². The molecule has 0 spiro atoms. The molecule has 2 aromatic carbocycles. The van der Waals surface area contributed by atoms with Crippen molar-refractivity contribution in [3.05, 3.63) is 59.7 Å². The molecular formula is C23H29FN4O2S. The molecule has 4 rings (SSSR count). The summed E-state index contributed by atoms with van der Waals surface area (Å²) in [5.74, 6) is 0.595. The molecule has 1 aliphatic heterocycles. The van der Waals surface area contributed by atoms with Crippen molar-refractivity contribution in [2.45, 2.75) is 57.1 Å². The van der Waals surface area contributed by atoms with Gasteiger partial charge in [0.15, 0.2) is 0 Å². The van der Waals surface area contributed by atoms with Gasteiger partial charge in [0.05, 0.1) is 22.5 Å². The van der Waals surface area contributed by atoms with E-state index in [1.54, 1.807) is 28.6 Å². The predicted molar refractivity (Wildman–Crippen MR) is 120 cm³/mol. The third kappa shape index (κ3) is 4.51. The molecule has 0 aliphatic carbocycles. The molecule has 1 atom stereocenters. The number of aryl methyl sites for hydroxylation is 1. The van der Waals surface area contributed by atoms with Crippen molar-refractivity contribution in [3.8, 4) is 0 Å². The molecule has 1 saturated heterocycles. The van der Waals surface area contributed by atoms with E-state index in [4.69, 9.17) is 4.98 Å². The number of piperidine rings is 1. The standard InChI is InChI=1S/C23H29FN4O2S/c1-3-28-22-12-11-20(31(29,30)27-13-5-4-6-14-27)15-21(22)26-23(28)16-25-17(2)18-7-9-19(24)10-8-18/h7-12,15,17,25H,3-6,13-14,16H2,1-2H3/t17-/m0/s1. The number of fused-ring (bicyclic) bond motifs is 1. The minimum absolute atomic E-state index is 0.0285. The molecule has 0 bridgehead atoms. The molecule has 6 nitrogen and oxygen atoms in total. The lowest BCUT2D eigenvalue weighted by molar-refractivity contribution is 0.346. The molecule has 2 heterocycles. The summed E-state index contributed by atoms with van der Waals surface area (Å²) in [6, 6.07) is 11.7. The van der Waals surface area contributed by atoms with E-state index in [2.05, 4.69) is 9.88 Å². The van der Waals surface area contributed by atoms with E-state index in [1.165, 1.54) is 12.1 Å². The van der Waals surface area contributed by atoms with Crippen LogP contribution >= 0.6 is 0 Å². The lowest BCUT2D eigenvalue weighted by Crippen LogP contribution is -2.35. The lowest BCUT2D eigenvalue weighted by atomic mass is 10.1. The van der Waals surface area contributed by atoms with Crippen molar-refractivity contribution in [1.29, 1.82) is 0 Å². The molecule has 0 saturated carbocycles. The minimum Gasteiger partial charge on any atom is -0.327 e. The number of aromatic nitrogens is 2. The van der Waals surface area contributed by atoms with Crippen molar-refractivity contribution < 1.29 is 12.8 Å². The Morgan fingerprint density at radius 2 is 1.81 bits per heavy atom. The van der Waals surface area contributed by atoms with Gasteiger partial charge in [-0.25, -0.2) is 17.8 Å². The van der Waals surface area contributed by atoms with Gasteiger partial charge in [0.1, 0.15) is 11.6 Å². The van der Waals surface area contributed by atoms with Crippen LogP contribution in [0, 0.1) is 5.82 Å². The Bertz CT molecular complexity index is 1150. The fraction of sp³-hybridized carbons (Fsp3) is 0.435. The number of halogens is 1. The van der Waals surface area contributed by atoms with Crippen LogP contribution in [0.2, 0.25) is 0 Å². The Hall–Kier alpha value is -2.29. The second kappa shape index (κ2) is 9.06. The van der Waals surface area contributed by atoms with Crippen molar-refractivity contribution >= 4 is 21.1 Å². The maximum Gasteiger partial charge on any atom is 0.243 e. The summed E-state index contributed by atoms with van der Waals surface area (Å²) in [5, 5.41) is 3.43. The summed E-state index contributed by atoms with van der Waals surface area (Å²) in [6.45, 7) is 6.49. The highest BCUT2D eigenvalue weighted by Gasteiger charge is 2.26. The van der Waals surface area contributed by atoms with Crippen LogP contribution in [0.5, 0.6) is 0 Å². The van der Waals surface area contributed by atoms with Crippen molar-refractivity contribution in [2.75, 3.05) is 13.1 Å². The van der Waals surface area contributed by atoms with Crippen LogP contribution in [0.3, 0.4) is 0 Å². The number of sulfonamides is 1. The lowest BCUT2D eigenvalue weighted by Gasteiger charge is -2.25. The fourth-order valence-electron chi connectivity index (χ4n) is 4.18. The van der Waals surface area contributed by atoms with Gasteiger partial charge in [-0.2, -0.15) is 4.31 Å². The molecule has 0 amide bonds. The molecular weight excluding hydrogens is 415 g/mol. The molecule has 8 heteroatoms. The monoisotopic (exact) mass is 444 g/mol. The first kappa shape index (κ1) is 21.9. The van der Waals surface area contributed by atoms with Crippen LogP contribution < -0.4 is 5.32 Å². The van der Waals surface area contributed by atoms with Gasteiger partial charge in [-0.05, 0) is 62.6 Å². The number of nitrogens with zero attached hydrogens (tertiary/aromatic N) is 3. The molecule has 1 fully saturated rings. The van der Waals surface area contributed by atoms with E-state index in [-0.39, 0.29) is 11.9 Å². The second-order valence-electron chi connectivity index (χ2n) is 8.04.